The molecular formula is C14H12BrFN2O. The van der Waals surface area contributed by atoms with Crippen molar-refractivity contribution >= 4 is 21.8 Å². The van der Waals surface area contributed by atoms with Gasteiger partial charge in [0.25, 0.3) is 5.91 Å². The molecule has 0 fully saturated rings. The molecule has 0 aliphatic rings. The first-order valence-electron chi connectivity index (χ1n) is 5.79. The molecule has 0 spiro atoms. The lowest BCUT2D eigenvalue weighted by Crippen LogP contribution is -2.25. The fourth-order valence-electron chi connectivity index (χ4n) is 1.61. The molecule has 0 aliphatic heterocycles. The van der Waals surface area contributed by atoms with Crippen molar-refractivity contribution in [3.8, 4) is 0 Å². The molecule has 0 bridgehead atoms. The van der Waals surface area contributed by atoms with Gasteiger partial charge in [0.15, 0.2) is 0 Å². The number of nitrogens with zero attached hydrogens (tertiary/aromatic N) is 1. The van der Waals surface area contributed by atoms with E-state index >= 15 is 0 Å². The third kappa shape index (κ3) is 3.86. The molecule has 1 aromatic heterocycles. The highest BCUT2D eigenvalue weighted by molar-refractivity contribution is 9.10. The number of aromatic nitrogens is 1. The van der Waals surface area contributed by atoms with Crippen molar-refractivity contribution in [3.05, 3.63) is 64.1 Å². The highest BCUT2D eigenvalue weighted by Crippen LogP contribution is 2.16. The van der Waals surface area contributed by atoms with Crippen LogP contribution in [0.3, 0.4) is 0 Å². The quantitative estimate of drug-likeness (QED) is 0.940. The molecule has 98 valence electrons. The molecule has 1 N–H and O–H groups in total. The molecule has 0 saturated heterocycles. The van der Waals surface area contributed by atoms with E-state index in [1.165, 1.54) is 18.2 Å². The standard InChI is InChI=1S/C14H12BrFN2O/c15-12-8-11(3-4-13(12)16)14(19)18-7-5-10-2-1-6-17-9-10/h1-4,6,8-9H,5,7H2,(H,18,19). The van der Waals surface area contributed by atoms with Crippen molar-refractivity contribution in [3.63, 3.8) is 0 Å². The van der Waals surface area contributed by atoms with E-state index in [1.54, 1.807) is 12.4 Å². The topological polar surface area (TPSA) is 42.0 Å². The molecule has 0 unspecified atom stereocenters. The lowest BCUT2D eigenvalue weighted by molar-refractivity contribution is 0.0954. The predicted molar refractivity (Wildman–Crippen MR) is 74.4 cm³/mol. The summed E-state index contributed by atoms with van der Waals surface area (Å²) in [5.74, 6) is -0.600. The molecule has 1 amide bonds. The Morgan fingerprint density at radius 3 is 2.89 bits per heavy atom. The second kappa shape index (κ2) is 6.43. The molecule has 5 heteroatoms. The summed E-state index contributed by atoms with van der Waals surface area (Å²) in [6.07, 6.45) is 4.18. The number of carbonyl (C=O) groups is 1. The Morgan fingerprint density at radius 1 is 1.37 bits per heavy atom. The number of pyridine rings is 1. The highest BCUT2D eigenvalue weighted by atomic mass is 79.9. The van der Waals surface area contributed by atoms with Gasteiger partial charge >= 0.3 is 0 Å². The Kier molecular flexibility index (Phi) is 4.63. The van der Waals surface area contributed by atoms with Crippen LogP contribution >= 0.6 is 15.9 Å². The van der Waals surface area contributed by atoms with Crippen LogP contribution < -0.4 is 5.32 Å². The van der Waals surface area contributed by atoms with Crippen molar-refractivity contribution in [1.82, 2.24) is 10.3 Å². The molecule has 0 atom stereocenters. The minimum atomic E-state index is -0.382. The molecular weight excluding hydrogens is 311 g/mol. The van der Waals surface area contributed by atoms with Crippen LogP contribution in [0.4, 0.5) is 4.39 Å². The zero-order valence-corrected chi connectivity index (χ0v) is 11.7. The van der Waals surface area contributed by atoms with Crippen molar-refractivity contribution in [2.75, 3.05) is 6.54 Å². The molecule has 19 heavy (non-hydrogen) atoms. The summed E-state index contributed by atoms with van der Waals surface area (Å²) >= 11 is 3.06. The summed E-state index contributed by atoms with van der Waals surface area (Å²) in [4.78, 5) is 15.8. The van der Waals surface area contributed by atoms with E-state index in [2.05, 4.69) is 26.2 Å². The van der Waals surface area contributed by atoms with Gasteiger partial charge in [-0.1, -0.05) is 6.07 Å². The molecule has 0 radical (unpaired) electrons. The average Bonchev–Trinajstić information content (AvgIpc) is 2.43. The van der Waals surface area contributed by atoms with Crippen LogP contribution in [0, 0.1) is 5.82 Å². The summed E-state index contributed by atoms with van der Waals surface area (Å²) in [5, 5.41) is 2.78. The smallest absolute Gasteiger partial charge is 0.251 e. The van der Waals surface area contributed by atoms with Crippen LogP contribution in [-0.4, -0.2) is 17.4 Å². The maximum absolute atomic E-state index is 13.0. The summed E-state index contributed by atoms with van der Waals surface area (Å²) in [6.45, 7) is 0.513. The summed E-state index contributed by atoms with van der Waals surface area (Å²) in [5.41, 5.74) is 1.49. The fraction of sp³-hybridized carbons (Fsp3) is 0.143. The van der Waals surface area contributed by atoms with E-state index in [-0.39, 0.29) is 16.2 Å². The van der Waals surface area contributed by atoms with Crippen LogP contribution in [-0.2, 0) is 6.42 Å². The number of rotatable bonds is 4. The third-order valence-corrected chi connectivity index (χ3v) is 3.21. The second-order valence-electron chi connectivity index (χ2n) is 4.00. The van der Waals surface area contributed by atoms with Crippen LogP contribution in [0.1, 0.15) is 15.9 Å². The predicted octanol–water partition coefficient (Wildman–Crippen LogP) is 2.96. The SMILES string of the molecule is O=C(NCCc1cccnc1)c1ccc(F)c(Br)c1. The molecule has 2 aromatic rings. The first-order valence-corrected chi connectivity index (χ1v) is 6.58. The number of carbonyl (C=O) groups excluding carboxylic acids is 1. The number of halogens is 2. The summed E-state index contributed by atoms with van der Waals surface area (Å²) in [6, 6.07) is 8.00. The van der Waals surface area contributed by atoms with Gasteiger partial charge < -0.3 is 5.32 Å². The largest absolute Gasteiger partial charge is 0.352 e. The van der Waals surface area contributed by atoms with Gasteiger partial charge in [-0.25, -0.2) is 4.39 Å². The van der Waals surface area contributed by atoms with Crippen LogP contribution in [0.5, 0.6) is 0 Å². The fourth-order valence-corrected chi connectivity index (χ4v) is 1.98. The Labute approximate surface area is 119 Å². The normalized spacial score (nSPS) is 10.2. The van der Waals surface area contributed by atoms with E-state index in [4.69, 9.17) is 0 Å². The van der Waals surface area contributed by atoms with Crippen LogP contribution in [0.2, 0.25) is 0 Å². The van der Waals surface area contributed by atoms with Gasteiger partial charge in [0.2, 0.25) is 0 Å². The second-order valence-corrected chi connectivity index (χ2v) is 4.85. The first-order chi connectivity index (χ1) is 9.16. The molecule has 0 saturated carbocycles. The van der Waals surface area contributed by atoms with Gasteiger partial charge in [-0.15, -0.1) is 0 Å². The Bertz CT molecular complexity index is 575. The minimum absolute atomic E-state index is 0.218. The number of nitrogens with one attached hydrogen (secondary N) is 1. The van der Waals surface area contributed by atoms with E-state index in [1.807, 2.05) is 12.1 Å². The van der Waals surface area contributed by atoms with Gasteiger partial charge in [-0.3, -0.25) is 9.78 Å². The minimum Gasteiger partial charge on any atom is -0.352 e. The number of hydrogen-bond acceptors (Lipinski definition) is 2. The van der Waals surface area contributed by atoms with Gasteiger partial charge in [0.05, 0.1) is 4.47 Å². The van der Waals surface area contributed by atoms with Crippen molar-refractivity contribution in [1.29, 1.82) is 0 Å². The van der Waals surface area contributed by atoms with Crippen LogP contribution in [0.15, 0.2) is 47.2 Å². The van der Waals surface area contributed by atoms with E-state index in [9.17, 15) is 9.18 Å². The van der Waals surface area contributed by atoms with Gasteiger partial charge in [-0.05, 0) is 52.2 Å². The molecule has 3 nitrogen and oxygen atoms in total. The maximum atomic E-state index is 13.0. The van der Waals surface area contributed by atoms with Crippen molar-refractivity contribution in [2.45, 2.75) is 6.42 Å². The van der Waals surface area contributed by atoms with E-state index in [0.29, 0.717) is 18.5 Å². The maximum Gasteiger partial charge on any atom is 0.251 e. The number of hydrogen-bond donors (Lipinski definition) is 1. The third-order valence-electron chi connectivity index (χ3n) is 2.60. The van der Waals surface area contributed by atoms with Crippen LogP contribution in [0.25, 0.3) is 0 Å². The van der Waals surface area contributed by atoms with Crippen molar-refractivity contribution < 1.29 is 9.18 Å². The zero-order chi connectivity index (χ0) is 13.7. The number of amides is 1. The van der Waals surface area contributed by atoms with Gasteiger partial charge in [0, 0.05) is 24.5 Å². The van der Waals surface area contributed by atoms with Gasteiger partial charge in [-0.2, -0.15) is 0 Å². The molecule has 2 rings (SSSR count). The van der Waals surface area contributed by atoms with Crippen molar-refractivity contribution in [2.24, 2.45) is 0 Å². The Balaban J connectivity index is 1.89. The summed E-state index contributed by atoms with van der Waals surface area (Å²) in [7, 11) is 0. The van der Waals surface area contributed by atoms with E-state index < -0.39 is 0 Å². The first kappa shape index (κ1) is 13.7. The van der Waals surface area contributed by atoms with Gasteiger partial charge in [0.1, 0.15) is 5.82 Å². The Morgan fingerprint density at radius 2 is 2.21 bits per heavy atom. The zero-order valence-electron chi connectivity index (χ0n) is 10.1. The summed E-state index contributed by atoms with van der Waals surface area (Å²) < 4.78 is 13.3. The highest BCUT2D eigenvalue weighted by Gasteiger charge is 2.07. The number of benzene rings is 1. The lowest BCUT2D eigenvalue weighted by Gasteiger charge is -2.06. The monoisotopic (exact) mass is 322 g/mol. The Hall–Kier alpha value is -1.75. The molecule has 1 heterocycles. The molecule has 0 aliphatic carbocycles. The average molecular weight is 323 g/mol. The lowest BCUT2D eigenvalue weighted by atomic mass is 10.2. The molecule has 1 aromatic carbocycles. The van der Waals surface area contributed by atoms with E-state index in [0.717, 1.165) is 5.56 Å².